The number of halogens is 1. The predicted molar refractivity (Wildman–Crippen MR) is 52.7 cm³/mol. The van der Waals surface area contributed by atoms with E-state index in [9.17, 15) is 4.79 Å². The second-order valence-corrected chi connectivity index (χ2v) is 3.29. The third kappa shape index (κ3) is 1.24. The van der Waals surface area contributed by atoms with Gasteiger partial charge in [-0.05, 0) is 29.8 Å². The zero-order valence-corrected chi connectivity index (χ0v) is 8.12. The van der Waals surface area contributed by atoms with Crippen LogP contribution >= 0.6 is 11.6 Å². The molecule has 72 valence electrons. The second kappa shape index (κ2) is 2.99. The lowest BCUT2D eigenvalue weighted by molar-refractivity contribution is 0.0697. The summed E-state index contributed by atoms with van der Waals surface area (Å²) in [7, 11) is 1.78. The molecule has 0 aliphatic rings. The molecule has 0 unspecified atom stereocenters. The molecule has 0 radical (unpaired) electrons. The molecule has 1 heterocycles. The number of rotatable bonds is 1. The van der Waals surface area contributed by atoms with Crippen molar-refractivity contribution in [3.8, 4) is 0 Å². The minimum absolute atomic E-state index is 0.215. The van der Waals surface area contributed by atoms with Crippen molar-refractivity contribution in [2.24, 2.45) is 7.05 Å². The normalized spacial score (nSPS) is 10.7. The van der Waals surface area contributed by atoms with Crippen LogP contribution in [0.2, 0.25) is 5.28 Å². The zero-order chi connectivity index (χ0) is 10.3. The highest BCUT2D eigenvalue weighted by molar-refractivity contribution is 6.29. The third-order valence-corrected chi connectivity index (χ3v) is 2.41. The number of hydrogen-bond donors (Lipinski definition) is 1. The van der Waals surface area contributed by atoms with Crippen LogP contribution in [-0.2, 0) is 7.05 Å². The average molecular weight is 211 g/mol. The lowest BCUT2D eigenvalue weighted by Gasteiger charge is -1.96. The molecule has 0 saturated carbocycles. The highest BCUT2D eigenvalue weighted by atomic mass is 35.5. The van der Waals surface area contributed by atoms with Crippen molar-refractivity contribution >= 4 is 28.6 Å². The first-order valence-corrected chi connectivity index (χ1v) is 4.32. The van der Waals surface area contributed by atoms with E-state index in [-0.39, 0.29) is 5.56 Å². The van der Waals surface area contributed by atoms with Crippen LogP contribution in [0.15, 0.2) is 18.2 Å². The fourth-order valence-corrected chi connectivity index (χ4v) is 1.49. The highest BCUT2D eigenvalue weighted by Crippen LogP contribution is 2.19. The Hall–Kier alpha value is -1.55. The molecular formula is C9H7ClN2O2. The van der Waals surface area contributed by atoms with Crippen LogP contribution in [0.5, 0.6) is 0 Å². The SMILES string of the molecule is Cn1c(Cl)nc2cc(C(=O)O)ccc21. The standard InChI is InChI=1S/C9H7ClN2O2/c1-12-7-3-2-5(8(13)14)4-6(7)11-9(12)10/h2-4H,1H3,(H,13,14). The lowest BCUT2D eigenvalue weighted by atomic mass is 10.2. The van der Waals surface area contributed by atoms with Gasteiger partial charge in [0.25, 0.3) is 0 Å². The molecule has 0 spiro atoms. The number of hydrogen-bond acceptors (Lipinski definition) is 2. The second-order valence-electron chi connectivity index (χ2n) is 2.95. The van der Waals surface area contributed by atoms with Gasteiger partial charge < -0.3 is 9.67 Å². The van der Waals surface area contributed by atoms with Gasteiger partial charge in [0.15, 0.2) is 0 Å². The Morgan fingerprint density at radius 3 is 2.93 bits per heavy atom. The number of nitrogens with zero attached hydrogens (tertiary/aromatic N) is 2. The molecule has 0 aliphatic carbocycles. The maximum atomic E-state index is 10.7. The maximum absolute atomic E-state index is 10.7. The Bertz CT molecular complexity index is 519. The summed E-state index contributed by atoms with van der Waals surface area (Å²) in [5, 5.41) is 9.10. The molecule has 1 aromatic carbocycles. The van der Waals surface area contributed by atoms with Gasteiger partial charge >= 0.3 is 5.97 Å². The van der Waals surface area contributed by atoms with Gasteiger partial charge in [-0.2, -0.15) is 0 Å². The number of carboxylic acids is 1. The van der Waals surface area contributed by atoms with E-state index < -0.39 is 5.97 Å². The van der Waals surface area contributed by atoms with Crippen molar-refractivity contribution in [2.45, 2.75) is 0 Å². The first-order valence-electron chi connectivity index (χ1n) is 3.95. The van der Waals surface area contributed by atoms with Crippen molar-refractivity contribution in [1.82, 2.24) is 9.55 Å². The monoisotopic (exact) mass is 210 g/mol. The number of aromatic carboxylic acids is 1. The van der Waals surface area contributed by atoms with Gasteiger partial charge in [0, 0.05) is 7.05 Å². The van der Waals surface area contributed by atoms with E-state index in [1.54, 1.807) is 17.7 Å². The number of benzene rings is 1. The molecule has 1 aromatic heterocycles. The van der Waals surface area contributed by atoms with Crippen molar-refractivity contribution in [3.63, 3.8) is 0 Å². The summed E-state index contributed by atoms with van der Waals surface area (Å²) in [6.45, 7) is 0. The molecule has 5 heteroatoms. The fraction of sp³-hybridized carbons (Fsp3) is 0.111. The van der Waals surface area contributed by atoms with Crippen LogP contribution in [-0.4, -0.2) is 20.6 Å². The molecule has 0 aliphatic heterocycles. The third-order valence-electron chi connectivity index (χ3n) is 2.07. The minimum atomic E-state index is -0.964. The number of carbonyl (C=O) groups is 1. The van der Waals surface area contributed by atoms with Gasteiger partial charge in [-0.25, -0.2) is 9.78 Å². The molecule has 1 N–H and O–H groups in total. The first-order chi connectivity index (χ1) is 6.59. The Morgan fingerprint density at radius 1 is 1.57 bits per heavy atom. The van der Waals surface area contributed by atoms with E-state index in [0.717, 1.165) is 5.52 Å². The molecule has 0 atom stereocenters. The topological polar surface area (TPSA) is 55.1 Å². The number of fused-ring (bicyclic) bond motifs is 1. The van der Waals surface area contributed by atoms with Crippen LogP contribution < -0.4 is 0 Å². The van der Waals surface area contributed by atoms with E-state index in [1.165, 1.54) is 12.1 Å². The summed E-state index contributed by atoms with van der Waals surface area (Å²) < 4.78 is 1.70. The zero-order valence-electron chi connectivity index (χ0n) is 7.36. The summed E-state index contributed by atoms with van der Waals surface area (Å²) in [6, 6.07) is 4.73. The van der Waals surface area contributed by atoms with Crippen LogP contribution in [0.4, 0.5) is 0 Å². The number of carboxylic acid groups (broad SMARTS) is 1. The van der Waals surface area contributed by atoms with Gasteiger partial charge in [0.2, 0.25) is 5.28 Å². The molecular weight excluding hydrogens is 204 g/mol. The Balaban J connectivity index is 2.73. The summed E-state index contributed by atoms with van der Waals surface area (Å²) in [4.78, 5) is 14.7. The van der Waals surface area contributed by atoms with Crippen LogP contribution in [0, 0.1) is 0 Å². The van der Waals surface area contributed by atoms with E-state index in [4.69, 9.17) is 16.7 Å². The Morgan fingerprint density at radius 2 is 2.29 bits per heavy atom. The van der Waals surface area contributed by atoms with Gasteiger partial charge in [0.05, 0.1) is 16.6 Å². The maximum Gasteiger partial charge on any atom is 0.335 e. The highest BCUT2D eigenvalue weighted by Gasteiger charge is 2.08. The smallest absolute Gasteiger partial charge is 0.335 e. The van der Waals surface area contributed by atoms with Crippen LogP contribution in [0.25, 0.3) is 11.0 Å². The minimum Gasteiger partial charge on any atom is -0.478 e. The lowest BCUT2D eigenvalue weighted by Crippen LogP contribution is -1.95. The fourth-order valence-electron chi connectivity index (χ4n) is 1.30. The van der Waals surface area contributed by atoms with Gasteiger partial charge in [-0.15, -0.1) is 0 Å². The molecule has 0 bridgehead atoms. The summed E-state index contributed by atoms with van der Waals surface area (Å²) >= 11 is 5.79. The van der Waals surface area contributed by atoms with Gasteiger partial charge in [0.1, 0.15) is 0 Å². The largest absolute Gasteiger partial charge is 0.478 e. The van der Waals surface area contributed by atoms with Crippen molar-refractivity contribution in [1.29, 1.82) is 0 Å². The molecule has 14 heavy (non-hydrogen) atoms. The molecule has 0 fully saturated rings. The van der Waals surface area contributed by atoms with Gasteiger partial charge in [-0.3, -0.25) is 0 Å². The Labute approximate surface area is 84.7 Å². The van der Waals surface area contributed by atoms with Crippen molar-refractivity contribution in [2.75, 3.05) is 0 Å². The Kier molecular flexibility index (Phi) is 1.93. The molecule has 2 rings (SSSR count). The number of imidazole rings is 1. The molecule has 2 aromatic rings. The summed E-state index contributed by atoms with van der Waals surface area (Å²) in [6.07, 6.45) is 0. The van der Waals surface area contributed by atoms with Crippen LogP contribution in [0.3, 0.4) is 0 Å². The average Bonchev–Trinajstić information content (AvgIpc) is 2.42. The number of aryl methyl sites for hydroxylation is 1. The molecule has 0 amide bonds. The van der Waals surface area contributed by atoms with E-state index >= 15 is 0 Å². The summed E-state index contributed by atoms with van der Waals surface area (Å²) in [5.41, 5.74) is 1.63. The predicted octanol–water partition coefficient (Wildman–Crippen LogP) is 1.92. The number of aromatic nitrogens is 2. The van der Waals surface area contributed by atoms with E-state index in [2.05, 4.69) is 4.98 Å². The van der Waals surface area contributed by atoms with E-state index in [1.807, 2.05) is 0 Å². The van der Waals surface area contributed by atoms with Crippen molar-refractivity contribution in [3.05, 3.63) is 29.0 Å². The van der Waals surface area contributed by atoms with Crippen molar-refractivity contribution < 1.29 is 9.90 Å². The first kappa shape index (κ1) is 9.02. The van der Waals surface area contributed by atoms with Gasteiger partial charge in [-0.1, -0.05) is 0 Å². The van der Waals surface area contributed by atoms with E-state index in [0.29, 0.717) is 10.8 Å². The van der Waals surface area contributed by atoms with Crippen LogP contribution in [0.1, 0.15) is 10.4 Å². The quantitative estimate of drug-likeness (QED) is 0.783. The molecule has 4 nitrogen and oxygen atoms in total. The molecule has 0 saturated heterocycles. The summed E-state index contributed by atoms with van der Waals surface area (Å²) in [5.74, 6) is -0.964.